The fraction of sp³-hybridized carbons (Fsp3) is 0.167. The lowest BCUT2D eigenvalue weighted by atomic mass is 9.97. The highest BCUT2D eigenvalue weighted by Gasteiger charge is 2.19. The third kappa shape index (κ3) is 10.0. The van der Waals surface area contributed by atoms with E-state index in [1.165, 1.54) is 11.8 Å². The van der Waals surface area contributed by atoms with Crippen LogP contribution < -0.4 is 0 Å². The largest absolute Gasteiger partial charge is 0.386 e. The highest BCUT2D eigenvalue weighted by Crippen LogP contribution is 2.31. The molecular formula is C24H27Cl2N3OS. The standard InChI is InChI=1S/C19H22Cl2N2OS.C5H5N/c1-7-15(19(4,5)24)16(21)10-11-17-18(23(6)12-22-17)25-14(3)9-8-13(2)20;1-2-4-6-5-3-1/h7-12,24H,1-3H2,4-6H3;1-5H/b9-8-,11-10+,16-15-;. The van der Waals surface area contributed by atoms with E-state index in [4.69, 9.17) is 23.2 Å². The van der Waals surface area contributed by atoms with Crippen molar-refractivity contribution in [3.8, 4) is 0 Å². The van der Waals surface area contributed by atoms with Crippen molar-refractivity contribution >= 4 is 41.0 Å². The molecule has 7 heteroatoms. The molecule has 0 saturated carbocycles. The minimum Gasteiger partial charge on any atom is -0.386 e. The van der Waals surface area contributed by atoms with Gasteiger partial charge in [-0.2, -0.15) is 0 Å². The lowest BCUT2D eigenvalue weighted by Gasteiger charge is -2.19. The van der Waals surface area contributed by atoms with Crippen LogP contribution in [0.5, 0.6) is 0 Å². The summed E-state index contributed by atoms with van der Waals surface area (Å²) in [6, 6.07) is 5.72. The van der Waals surface area contributed by atoms with Crippen LogP contribution in [0.4, 0.5) is 0 Å². The Morgan fingerprint density at radius 3 is 2.23 bits per heavy atom. The molecule has 0 aliphatic heterocycles. The first-order valence-corrected chi connectivity index (χ1v) is 10.8. The summed E-state index contributed by atoms with van der Waals surface area (Å²) in [5.41, 5.74) is 0.209. The van der Waals surface area contributed by atoms with Crippen LogP contribution in [0.25, 0.3) is 6.08 Å². The number of rotatable bonds is 8. The van der Waals surface area contributed by atoms with Crippen molar-refractivity contribution in [3.05, 3.63) is 107 Å². The zero-order valence-electron chi connectivity index (χ0n) is 17.9. The van der Waals surface area contributed by atoms with E-state index in [1.807, 2.05) is 29.8 Å². The molecule has 0 bridgehead atoms. The van der Waals surface area contributed by atoms with Crippen molar-refractivity contribution in [3.63, 3.8) is 0 Å². The van der Waals surface area contributed by atoms with Crippen LogP contribution in [-0.2, 0) is 7.05 Å². The number of halogens is 2. The number of allylic oxidation sites excluding steroid dienone is 5. The lowest BCUT2D eigenvalue weighted by molar-refractivity contribution is 0.123. The van der Waals surface area contributed by atoms with Gasteiger partial charge in [0.15, 0.2) is 0 Å². The number of hydrogen-bond donors (Lipinski definition) is 1. The second-order valence-electron chi connectivity index (χ2n) is 6.78. The Balaban J connectivity index is 0.000000683. The zero-order chi connectivity index (χ0) is 23.4. The summed E-state index contributed by atoms with van der Waals surface area (Å²) in [6.45, 7) is 14.6. The summed E-state index contributed by atoms with van der Waals surface area (Å²) in [6.07, 6.45) is 13.7. The average Bonchev–Trinajstić information content (AvgIpc) is 3.05. The first-order valence-electron chi connectivity index (χ1n) is 9.25. The highest BCUT2D eigenvalue weighted by atomic mass is 35.5. The average molecular weight is 476 g/mol. The van der Waals surface area contributed by atoms with Gasteiger partial charge in [-0.05, 0) is 50.3 Å². The molecule has 0 atom stereocenters. The third-order valence-electron chi connectivity index (χ3n) is 3.66. The van der Waals surface area contributed by atoms with Gasteiger partial charge in [-0.1, -0.05) is 66.8 Å². The van der Waals surface area contributed by atoms with Gasteiger partial charge in [0, 0.05) is 40.0 Å². The van der Waals surface area contributed by atoms with Crippen LogP contribution in [0, 0.1) is 0 Å². The first-order chi connectivity index (χ1) is 14.6. The fourth-order valence-corrected chi connectivity index (χ4v) is 3.45. The van der Waals surface area contributed by atoms with E-state index < -0.39 is 5.60 Å². The van der Waals surface area contributed by atoms with E-state index in [0.717, 1.165) is 15.6 Å². The molecule has 2 heterocycles. The summed E-state index contributed by atoms with van der Waals surface area (Å²) in [7, 11) is 1.90. The van der Waals surface area contributed by atoms with Gasteiger partial charge in [0.2, 0.25) is 0 Å². The van der Waals surface area contributed by atoms with E-state index in [0.29, 0.717) is 15.6 Å². The van der Waals surface area contributed by atoms with Gasteiger partial charge in [-0.15, -0.1) is 0 Å². The number of thioether (sulfide) groups is 1. The number of aromatic nitrogens is 3. The highest BCUT2D eigenvalue weighted by molar-refractivity contribution is 8.03. The molecule has 0 spiro atoms. The van der Waals surface area contributed by atoms with Crippen molar-refractivity contribution in [1.82, 2.24) is 14.5 Å². The molecule has 164 valence electrons. The Hall–Kier alpha value is -2.31. The van der Waals surface area contributed by atoms with Crippen molar-refractivity contribution < 1.29 is 5.11 Å². The molecule has 1 N–H and O–H groups in total. The number of hydrogen-bond acceptors (Lipinski definition) is 4. The van der Waals surface area contributed by atoms with Crippen molar-refractivity contribution in [2.24, 2.45) is 7.05 Å². The zero-order valence-corrected chi connectivity index (χ0v) is 20.3. The van der Waals surface area contributed by atoms with Crippen LogP contribution in [0.2, 0.25) is 0 Å². The minimum atomic E-state index is -1.08. The maximum atomic E-state index is 10.1. The summed E-state index contributed by atoms with van der Waals surface area (Å²) in [5, 5.41) is 11.9. The number of pyridine rings is 1. The Bertz CT molecular complexity index is 957. The molecule has 2 rings (SSSR count). The lowest BCUT2D eigenvalue weighted by Crippen LogP contribution is -2.21. The smallest absolute Gasteiger partial charge is 0.107 e. The maximum Gasteiger partial charge on any atom is 0.107 e. The number of aryl methyl sites for hydroxylation is 1. The molecule has 0 unspecified atom stereocenters. The predicted molar refractivity (Wildman–Crippen MR) is 135 cm³/mol. The Labute approximate surface area is 199 Å². The normalized spacial score (nSPS) is 12.3. The maximum absolute atomic E-state index is 10.1. The fourth-order valence-electron chi connectivity index (χ4n) is 2.21. The molecule has 31 heavy (non-hydrogen) atoms. The second-order valence-corrected chi connectivity index (χ2v) is 8.78. The molecule has 2 aromatic heterocycles. The van der Waals surface area contributed by atoms with Gasteiger partial charge in [0.25, 0.3) is 0 Å². The molecule has 2 aromatic rings. The van der Waals surface area contributed by atoms with E-state index in [9.17, 15) is 5.11 Å². The minimum absolute atomic E-state index is 0.404. The van der Waals surface area contributed by atoms with Gasteiger partial charge in [0.1, 0.15) is 5.03 Å². The van der Waals surface area contributed by atoms with Crippen LogP contribution in [-0.4, -0.2) is 25.2 Å². The van der Waals surface area contributed by atoms with Gasteiger partial charge in [-0.25, -0.2) is 4.98 Å². The van der Waals surface area contributed by atoms with E-state index >= 15 is 0 Å². The van der Waals surface area contributed by atoms with E-state index in [-0.39, 0.29) is 0 Å². The Morgan fingerprint density at radius 2 is 1.77 bits per heavy atom. The molecule has 0 saturated heterocycles. The predicted octanol–water partition coefficient (Wildman–Crippen LogP) is 6.88. The van der Waals surface area contributed by atoms with Crippen molar-refractivity contribution in [2.45, 2.75) is 24.5 Å². The third-order valence-corrected chi connectivity index (χ3v) is 5.21. The quantitative estimate of drug-likeness (QED) is 0.333. The molecule has 0 fully saturated rings. The molecule has 0 aliphatic carbocycles. The number of nitrogens with zero attached hydrogens (tertiary/aromatic N) is 3. The van der Waals surface area contributed by atoms with Crippen LogP contribution in [0.15, 0.2) is 107 Å². The number of imidazole rings is 1. The summed E-state index contributed by atoms with van der Waals surface area (Å²) < 4.78 is 1.89. The van der Waals surface area contributed by atoms with Gasteiger partial charge >= 0.3 is 0 Å². The van der Waals surface area contributed by atoms with Gasteiger partial charge in [-0.3, -0.25) is 4.98 Å². The Morgan fingerprint density at radius 1 is 1.13 bits per heavy atom. The summed E-state index contributed by atoms with van der Waals surface area (Å²) >= 11 is 13.5. The summed E-state index contributed by atoms with van der Waals surface area (Å²) in [5.74, 6) is 0. The van der Waals surface area contributed by atoms with Crippen molar-refractivity contribution in [2.75, 3.05) is 0 Å². The molecule has 0 aromatic carbocycles. The SMILES string of the molecule is C=C/C(=C(Cl)\C=C\c1ncn(C)c1SC(=C)/C=C\C(=C)Cl)C(C)(C)O.c1ccncc1. The molecule has 0 aliphatic rings. The van der Waals surface area contributed by atoms with Crippen LogP contribution in [0.3, 0.4) is 0 Å². The van der Waals surface area contributed by atoms with Crippen LogP contribution in [0.1, 0.15) is 19.5 Å². The second kappa shape index (κ2) is 13.2. The summed E-state index contributed by atoms with van der Waals surface area (Å²) in [4.78, 5) is 8.94. The molecule has 4 nitrogen and oxygen atoms in total. The molecule has 0 radical (unpaired) electrons. The van der Waals surface area contributed by atoms with Crippen LogP contribution >= 0.6 is 35.0 Å². The van der Waals surface area contributed by atoms with Gasteiger partial charge in [0.05, 0.1) is 17.6 Å². The first kappa shape index (κ1) is 26.7. The van der Waals surface area contributed by atoms with Gasteiger partial charge < -0.3 is 9.67 Å². The van der Waals surface area contributed by atoms with E-state index in [2.05, 4.69) is 29.7 Å². The van der Waals surface area contributed by atoms with Crippen molar-refractivity contribution in [1.29, 1.82) is 0 Å². The molecular weight excluding hydrogens is 449 g/mol. The van der Waals surface area contributed by atoms with E-state index in [1.54, 1.807) is 62.9 Å². The Kier molecular flexibility index (Phi) is 11.4. The monoisotopic (exact) mass is 475 g/mol. The topological polar surface area (TPSA) is 50.9 Å². The number of aliphatic hydroxyl groups is 1. The molecule has 0 amide bonds.